The van der Waals surface area contributed by atoms with Crippen molar-refractivity contribution in [1.82, 2.24) is 0 Å². The summed E-state index contributed by atoms with van der Waals surface area (Å²) < 4.78 is 14.7. The van der Waals surface area contributed by atoms with Crippen LogP contribution in [0.15, 0.2) is 18.2 Å². The second kappa shape index (κ2) is 3.24. The van der Waals surface area contributed by atoms with Gasteiger partial charge in [-0.25, -0.2) is 4.39 Å². The molecule has 1 heterocycles. The molecule has 2 rings (SSSR count). The zero-order chi connectivity index (χ0) is 9.42. The molecule has 0 aliphatic heterocycles. The largest absolute Gasteiger partial charge is 0.204 e. The monoisotopic (exact) mass is 303 g/mol. The van der Waals surface area contributed by atoms with Gasteiger partial charge in [0, 0.05) is 5.39 Å². The van der Waals surface area contributed by atoms with Crippen molar-refractivity contribution >= 4 is 44.0 Å². The molecule has 0 fully saturated rings. The van der Waals surface area contributed by atoms with E-state index in [0.29, 0.717) is 13.8 Å². The molecule has 64 valence electrons. The molecule has 0 aliphatic rings. The van der Waals surface area contributed by atoms with Crippen LogP contribution in [0.25, 0.3) is 10.1 Å². The van der Waals surface area contributed by atoms with Crippen molar-refractivity contribution < 1.29 is 4.39 Å². The van der Waals surface area contributed by atoms with Crippen molar-refractivity contribution in [3.05, 3.63) is 32.5 Å². The molecule has 0 aliphatic carbocycles. The van der Waals surface area contributed by atoms with Gasteiger partial charge in [0.05, 0.1) is 10.3 Å². The summed E-state index contributed by atoms with van der Waals surface area (Å²) in [6.07, 6.45) is 0. The van der Waals surface area contributed by atoms with Gasteiger partial charge in [0.25, 0.3) is 0 Å². The van der Waals surface area contributed by atoms with E-state index in [1.54, 1.807) is 18.2 Å². The minimum atomic E-state index is -0.210. The molecule has 13 heavy (non-hydrogen) atoms. The van der Waals surface area contributed by atoms with E-state index >= 15 is 0 Å². The molecular weight excluding hydrogens is 300 g/mol. The fraction of sp³-hybridized carbons (Fsp3) is 0. The first kappa shape index (κ1) is 8.91. The van der Waals surface area contributed by atoms with Crippen molar-refractivity contribution in [2.45, 2.75) is 0 Å². The van der Waals surface area contributed by atoms with Crippen LogP contribution in [0.3, 0.4) is 0 Å². The van der Waals surface area contributed by atoms with Gasteiger partial charge in [0.1, 0.15) is 8.95 Å². The third-order valence-electron chi connectivity index (χ3n) is 1.74. The van der Waals surface area contributed by atoms with E-state index in [1.165, 1.54) is 11.3 Å². The zero-order valence-electron chi connectivity index (χ0n) is 6.34. The number of hydrogen-bond donors (Lipinski definition) is 0. The summed E-state index contributed by atoms with van der Waals surface area (Å²) in [5, 5.41) is 9.32. The first-order valence-electron chi connectivity index (χ1n) is 3.50. The van der Waals surface area contributed by atoms with Gasteiger partial charge in [-0.3, -0.25) is 0 Å². The second-order valence-electron chi connectivity index (χ2n) is 2.48. The molecule has 0 saturated heterocycles. The lowest BCUT2D eigenvalue weighted by atomic mass is 10.2. The van der Waals surface area contributed by atoms with Gasteiger partial charge in [-0.05, 0) is 28.7 Å². The van der Waals surface area contributed by atoms with E-state index in [4.69, 9.17) is 5.26 Å². The number of benzene rings is 1. The van der Waals surface area contributed by atoms with Crippen LogP contribution in [-0.2, 0) is 0 Å². The van der Waals surface area contributed by atoms with Crippen LogP contribution in [0.1, 0.15) is 5.56 Å². The van der Waals surface area contributed by atoms with E-state index < -0.39 is 0 Å². The average Bonchev–Trinajstić information content (AvgIpc) is 2.43. The second-order valence-corrected chi connectivity index (χ2v) is 5.32. The van der Waals surface area contributed by atoms with Crippen molar-refractivity contribution in [3.63, 3.8) is 0 Å². The van der Waals surface area contributed by atoms with Crippen molar-refractivity contribution in [2.75, 3.05) is 0 Å². The Hall–Kier alpha value is -0.670. The van der Waals surface area contributed by atoms with Crippen LogP contribution in [-0.4, -0.2) is 0 Å². The van der Waals surface area contributed by atoms with Gasteiger partial charge in [-0.2, -0.15) is 5.26 Å². The molecule has 0 amide bonds. The van der Waals surface area contributed by atoms with Gasteiger partial charge in [0.2, 0.25) is 0 Å². The maximum absolute atomic E-state index is 13.4. The van der Waals surface area contributed by atoms with Crippen LogP contribution in [0, 0.1) is 20.0 Å². The topological polar surface area (TPSA) is 23.8 Å². The summed E-state index contributed by atoms with van der Waals surface area (Å²) in [6.45, 7) is 0. The van der Waals surface area contributed by atoms with Crippen molar-refractivity contribution in [3.8, 4) is 6.07 Å². The Morgan fingerprint density at radius 3 is 2.92 bits per heavy atom. The number of halogens is 2. The Bertz CT molecular complexity index is 512. The zero-order valence-corrected chi connectivity index (χ0v) is 9.32. The molecule has 4 heteroatoms. The highest BCUT2D eigenvalue weighted by Crippen LogP contribution is 2.32. The predicted molar refractivity (Wildman–Crippen MR) is 59.2 cm³/mol. The molecule has 0 unspecified atom stereocenters. The van der Waals surface area contributed by atoms with Gasteiger partial charge >= 0.3 is 0 Å². The van der Waals surface area contributed by atoms with E-state index in [2.05, 4.69) is 6.07 Å². The molecule has 2 aromatic rings. The first-order valence-corrected chi connectivity index (χ1v) is 5.40. The Morgan fingerprint density at radius 1 is 1.46 bits per heavy atom. The third-order valence-corrected chi connectivity index (χ3v) is 3.87. The summed E-state index contributed by atoms with van der Waals surface area (Å²) in [5.74, 6) is -0.210. The molecule has 0 spiro atoms. The Balaban J connectivity index is 2.95. The first-order chi connectivity index (χ1) is 6.24. The van der Waals surface area contributed by atoms with Crippen LogP contribution in [0.4, 0.5) is 4.39 Å². The molecule has 1 aromatic carbocycles. The third kappa shape index (κ3) is 1.32. The highest BCUT2D eigenvalue weighted by molar-refractivity contribution is 14.1. The number of hydrogen-bond acceptors (Lipinski definition) is 2. The summed E-state index contributed by atoms with van der Waals surface area (Å²) in [4.78, 5) is 0. The van der Waals surface area contributed by atoms with Gasteiger partial charge in [-0.15, -0.1) is 11.3 Å². The minimum Gasteiger partial charge on any atom is -0.204 e. The van der Waals surface area contributed by atoms with Crippen LogP contribution < -0.4 is 0 Å². The van der Waals surface area contributed by atoms with Gasteiger partial charge in [0.15, 0.2) is 5.82 Å². The average molecular weight is 303 g/mol. The van der Waals surface area contributed by atoms with E-state index in [9.17, 15) is 4.39 Å². The summed E-state index contributed by atoms with van der Waals surface area (Å²) in [7, 11) is 0. The fourth-order valence-corrected chi connectivity index (χ4v) is 2.97. The van der Waals surface area contributed by atoms with E-state index in [0.717, 1.165) is 4.70 Å². The fourth-order valence-electron chi connectivity index (χ4n) is 1.15. The lowest BCUT2D eigenvalue weighted by molar-refractivity contribution is 0.638. The quantitative estimate of drug-likeness (QED) is 0.683. The predicted octanol–water partition coefficient (Wildman–Crippen LogP) is 3.52. The number of fused-ring (bicyclic) bond motifs is 1. The summed E-state index contributed by atoms with van der Waals surface area (Å²) in [6, 6.07) is 7.15. The maximum Gasteiger partial charge on any atom is 0.155 e. The Kier molecular flexibility index (Phi) is 2.22. The standard InChI is InChI=1S/C9H3FINS/c10-7-6-3-1-2-5(4-12)8(6)13-9(7)11/h1-3H. The number of nitrogens with zero attached hydrogens (tertiary/aromatic N) is 1. The van der Waals surface area contributed by atoms with E-state index in [1.807, 2.05) is 22.6 Å². The summed E-state index contributed by atoms with van der Waals surface area (Å²) in [5.41, 5.74) is 0.546. The Morgan fingerprint density at radius 2 is 2.23 bits per heavy atom. The van der Waals surface area contributed by atoms with Crippen molar-refractivity contribution in [2.24, 2.45) is 0 Å². The number of nitriles is 1. The summed E-state index contributed by atoms with van der Waals surface area (Å²) >= 11 is 3.26. The molecule has 0 radical (unpaired) electrons. The lowest BCUT2D eigenvalue weighted by Gasteiger charge is -1.90. The van der Waals surface area contributed by atoms with Gasteiger partial charge < -0.3 is 0 Å². The Labute approximate surface area is 91.9 Å². The van der Waals surface area contributed by atoms with Crippen molar-refractivity contribution in [1.29, 1.82) is 5.26 Å². The SMILES string of the molecule is N#Cc1cccc2c(F)c(I)sc12. The number of rotatable bonds is 0. The smallest absolute Gasteiger partial charge is 0.155 e. The lowest BCUT2D eigenvalue weighted by Crippen LogP contribution is -1.74. The highest BCUT2D eigenvalue weighted by atomic mass is 127. The highest BCUT2D eigenvalue weighted by Gasteiger charge is 2.11. The van der Waals surface area contributed by atoms with Gasteiger partial charge in [-0.1, -0.05) is 12.1 Å². The molecule has 1 aromatic heterocycles. The molecule has 0 bridgehead atoms. The minimum absolute atomic E-state index is 0.210. The normalized spacial score (nSPS) is 10.2. The molecule has 0 N–H and O–H groups in total. The maximum atomic E-state index is 13.4. The number of thiophene rings is 1. The van der Waals surface area contributed by atoms with E-state index in [-0.39, 0.29) is 5.82 Å². The molecule has 0 saturated carbocycles. The molecule has 0 atom stereocenters. The van der Waals surface area contributed by atoms with Crippen LogP contribution >= 0.6 is 33.9 Å². The molecule has 1 nitrogen and oxygen atoms in total. The molecular formula is C9H3FINS. The van der Waals surface area contributed by atoms with Crippen LogP contribution in [0.5, 0.6) is 0 Å². The van der Waals surface area contributed by atoms with Crippen LogP contribution in [0.2, 0.25) is 0 Å².